The topological polar surface area (TPSA) is 67.6 Å². The molecule has 2 N–H and O–H groups in total. The zero-order valence-corrected chi connectivity index (χ0v) is 9.36. The Labute approximate surface area is 97.9 Å². The molecule has 0 spiro atoms. The van der Waals surface area contributed by atoms with E-state index in [2.05, 4.69) is 5.10 Å². The van der Waals surface area contributed by atoms with Gasteiger partial charge in [0.15, 0.2) is 0 Å². The normalized spacial score (nSPS) is 10.1. The van der Waals surface area contributed by atoms with Crippen molar-refractivity contribution in [3.63, 3.8) is 0 Å². The lowest BCUT2D eigenvalue weighted by Gasteiger charge is -2.06. The fourth-order valence-corrected chi connectivity index (χ4v) is 1.54. The second-order valence-electron chi connectivity index (χ2n) is 3.36. The van der Waals surface area contributed by atoms with Crippen LogP contribution >= 0.6 is 11.6 Å². The van der Waals surface area contributed by atoms with E-state index >= 15 is 0 Å². The largest absolute Gasteiger partial charge is 0.396 e. The van der Waals surface area contributed by atoms with E-state index in [1.165, 1.54) is 0 Å². The summed E-state index contributed by atoms with van der Waals surface area (Å²) < 4.78 is 1.58. The summed E-state index contributed by atoms with van der Waals surface area (Å²) in [4.78, 5) is 0. The lowest BCUT2D eigenvalue weighted by molar-refractivity contribution is 0.864. The third-order valence-corrected chi connectivity index (χ3v) is 2.66. The summed E-state index contributed by atoms with van der Waals surface area (Å²) in [5, 5.41) is 13.6. The van der Waals surface area contributed by atoms with Gasteiger partial charge in [-0.15, -0.1) is 0 Å². The minimum Gasteiger partial charge on any atom is -0.396 e. The Morgan fingerprint density at radius 1 is 1.50 bits per heavy atom. The molecule has 2 aromatic rings. The fourth-order valence-electron chi connectivity index (χ4n) is 1.41. The van der Waals surface area contributed by atoms with Crippen LogP contribution in [0.4, 0.5) is 5.69 Å². The van der Waals surface area contributed by atoms with Crippen LogP contribution in [0.5, 0.6) is 0 Å². The Morgan fingerprint density at radius 3 is 2.81 bits per heavy atom. The molecule has 1 aromatic carbocycles. The van der Waals surface area contributed by atoms with Gasteiger partial charge in [0.2, 0.25) is 0 Å². The molecule has 5 heteroatoms. The average Bonchev–Trinajstić information content (AvgIpc) is 2.59. The lowest BCUT2D eigenvalue weighted by Crippen LogP contribution is -2.02. The molecule has 0 amide bonds. The predicted molar refractivity (Wildman–Crippen MR) is 62.4 cm³/mol. The number of para-hydroxylation sites is 1. The summed E-state index contributed by atoms with van der Waals surface area (Å²) in [6.45, 7) is 1.81. The van der Waals surface area contributed by atoms with Crippen LogP contribution in [0.15, 0.2) is 24.4 Å². The minimum absolute atomic E-state index is 0.407. The molecule has 0 atom stereocenters. The number of nitrogens with two attached hydrogens (primary N) is 1. The zero-order valence-electron chi connectivity index (χ0n) is 8.61. The molecule has 1 aromatic heterocycles. The van der Waals surface area contributed by atoms with Gasteiger partial charge in [-0.25, -0.2) is 4.68 Å². The van der Waals surface area contributed by atoms with Crippen LogP contribution in [0.25, 0.3) is 5.69 Å². The van der Waals surface area contributed by atoms with Crippen LogP contribution in [0.2, 0.25) is 5.02 Å². The van der Waals surface area contributed by atoms with Gasteiger partial charge in [0.25, 0.3) is 0 Å². The van der Waals surface area contributed by atoms with Gasteiger partial charge in [0.05, 0.1) is 27.7 Å². The number of hydrogen-bond acceptors (Lipinski definition) is 3. The second kappa shape index (κ2) is 3.87. The van der Waals surface area contributed by atoms with Crippen molar-refractivity contribution in [2.75, 3.05) is 5.73 Å². The number of nitriles is 1. The van der Waals surface area contributed by atoms with E-state index < -0.39 is 0 Å². The van der Waals surface area contributed by atoms with Crippen molar-refractivity contribution in [1.29, 1.82) is 5.26 Å². The molecule has 0 aliphatic heterocycles. The Hall–Kier alpha value is -1.99. The summed E-state index contributed by atoms with van der Waals surface area (Å²) in [6, 6.07) is 7.24. The number of hydrogen-bond donors (Lipinski definition) is 1. The van der Waals surface area contributed by atoms with Crippen LogP contribution in [-0.2, 0) is 0 Å². The molecule has 0 aliphatic rings. The van der Waals surface area contributed by atoms with Crippen molar-refractivity contribution in [3.8, 4) is 11.8 Å². The molecular formula is C11H9ClN4. The zero-order chi connectivity index (χ0) is 11.7. The molecule has 0 saturated heterocycles. The molecule has 0 aliphatic carbocycles. The molecular weight excluding hydrogens is 224 g/mol. The molecule has 16 heavy (non-hydrogen) atoms. The lowest BCUT2D eigenvalue weighted by atomic mass is 10.1. The fraction of sp³-hybridized carbons (Fsp3) is 0.0909. The molecule has 0 unspecified atom stereocenters. The minimum atomic E-state index is 0.407. The van der Waals surface area contributed by atoms with E-state index in [4.69, 9.17) is 22.6 Å². The van der Waals surface area contributed by atoms with Crippen LogP contribution in [0.3, 0.4) is 0 Å². The van der Waals surface area contributed by atoms with Crippen molar-refractivity contribution in [3.05, 3.63) is 40.7 Å². The average molecular weight is 233 g/mol. The van der Waals surface area contributed by atoms with E-state index in [-0.39, 0.29) is 0 Å². The molecule has 2 rings (SSSR count). The molecule has 0 saturated carbocycles. The molecule has 80 valence electrons. The van der Waals surface area contributed by atoms with Gasteiger partial charge in [-0.2, -0.15) is 10.4 Å². The van der Waals surface area contributed by atoms with Gasteiger partial charge in [0.1, 0.15) is 6.07 Å². The summed E-state index contributed by atoms with van der Waals surface area (Å²) in [6.07, 6.45) is 1.67. The Kier molecular flexibility index (Phi) is 2.55. The van der Waals surface area contributed by atoms with E-state index in [0.717, 1.165) is 5.69 Å². The highest BCUT2D eigenvalue weighted by Gasteiger charge is 2.09. The maximum atomic E-state index is 8.86. The van der Waals surface area contributed by atoms with Crippen molar-refractivity contribution in [2.24, 2.45) is 0 Å². The Morgan fingerprint density at radius 2 is 2.25 bits per heavy atom. The highest BCUT2D eigenvalue weighted by molar-refractivity contribution is 6.31. The number of halogens is 1. The second-order valence-corrected chi connectivity index (χ2v) is 3.76. The monoisotopic (exact) mass is 232 g/mol. The quantitative estimate of drug-likeness (QED) is 0.767. The maximum Gasteiger partial charge on any atom is 0.101 e. The molecule has 0 fully saturated rings. The van der Waals surface area contributed by atoms with Gasteiger partial charge in [-0.1, -0.05) is 17.7 Å². The number of benzene rings is 1. The molecule has 0 radical (unpaired) electrons. The molecule has 0 bridgehead atoms. The summed E-state index contributed by atoms with van der Waals surface area (Å²) in [7, 11) is 0. The number of aromatic nitrogens is 2. The summed E-state index contributed by atoms with van der Waals surface area (Å²) in [5.41, 5.74) is 8.08. The number of nitrogens with zero attached hydrogens (tertiary/aromatic N) is 3. The number of rotatable bonds is 1. The van der Waals surface area contributed by atoms with Crippen LogP contribution < -0.4 is 5.73 Å². The third-order valence-electron chi connectivity index (χ3n) is 2.29. The Bertz CT molecular complexity index is 561. The van der Waals surface area contributed by atoms with Crippen LogP contribution in [0, 0.1) is 18.3 Å². The van der Waals surface area contributed by atoms with E-state index in [0.29, 0.717) is 22.0 Å². The molecule has 4 nitrogen and oxygen atoms in total. The standard InChI is InChI=1S/C11H9ClN4/c1-7-9(12)6-16(15-7)10-4-2-3-8(5-13)11(10)14/h2-4,6H,14H2,1H3. The first kappa shape index (κ1) is 10.5. The molecule has 1 heterocycles. The van der Waals surface area contributed by atoms with Crippen molar-refractivity contribution < 1.29 is 0 Å². The predicted octanol–water partition coefficient (Wildman–Crippen LogP) is 2.29. The van der Waals surface area contributed by atoms with Crippen molar-refractivity contribution in [1.82, 2.24) is 9.78 Å². The smallest absolute Gasteiger partial charge is 0.101 e. The van der Waals surface area contributed by atoms with E-state index in [1.54, 1.807) is 29.1 Å². The van der Waals surface area contributed by atoms with Crippen LogP contribution in [-0.4, -0.2) is 9.78 Å². The third kappa shape index (κ3) is 1.62. The highest BCUT2D eigenvalue weighted by Crippen LogP contribution is 2.23. The van der Waals surface area contributed by atoms with Gasteiger partial charge in [-0.05, 0) is 19.1 Å². The first-order valence-corrected chi connectivity index (χ1v) is 5.02. The Balaban J connectivity index is 2.61. The van der Waals surface area contributed by atoms with Crippen LogP contribution in [0.1, 0.15) is 11.3 Å². The van der Waals surface area contributed by atoms with E-state index in [1.807, 2.05) is 13.0 Å². The van der Waals surface area contributed by atoms with Gasteiger partial charge < -0.3 is 5.73 Å². The first-order valence-electron chi connectivity index (χ1n) is 4.64. The van der Waals surface area contributed by atoms with Gasteiger partial charge in [0, 0.05) is 6.20 Å². The summed E-state index contributed by atoms with van der Waals surface area (Å²) >= 11 is 5.92. The SMILES string of the molecule is Cc1nn(-c2cccc(C#N)c2N)cc1Cl. The van der Waals surface area contributed by atoms with Gasteiger partial charge >= 0.3 is 0 Å². The van der Waals surface area contributed by atoms with Gasteiger partial charge in [-0.3, -0.25) is 0 Å². The van der Waals surface area contributed by atoms with E-state index in [9.17, 15) is 0 Å². The first-order chi connectivity index (χ1) is 7.63. The van der Waals surface area contributed by atoms with Crippen molar-refractivity contribution >= 4 is 17.3 Å². The number of nitrogen functional groups attached to an aromatic ring is 1. The number of aryl methyl sites for hydroxylation is 1. The summed E-state index contributed by atoms with van der Waals surface area (Å²) in [5.74, 6) is 0. The maximum absolute atomic E-state index is 8.86. The highest BCUT2D eigenvalue weighted by atomic mass is 35.5. The van der Waals surface area contributed by atoms with Crippen molar-refractivity contribution in [2.45, 2.75) is 6.92 Å². The number of anilines is 1.